The highest BCUT2D eigenvalue weighted by molar-refractivity contribution is 5.78. The maximum absolute atomic E-state index is 10.8. The van der Waals surface area contributed by atoms with Gasteiger partial charge in [0.25, 0.3) is 0 Å². The molecule has 2 nitrogen and oxygen atoms in total. The van der Waals surface area contributed by atoms with Crippen LogP contribution in [0.15, 0.2) is 18.2 Å². The molecule has 0 aliphatic carbocycles. The Labute approximate surface area is 97.1 Å². The molecule has 0 radical (unpaired) electrons. The average molecular weight is 217 g/mol. The first-order chi connectivity index (χ1) is 7.34. The maximum Gasteiger partial charge on any atom is 0.150 e. The van der Waals surface area contributed by atoms with Gasteiger partial charge in [-0.05, 0) is 37.3 Å². The van der Waals surface area contributed by atoms with Crippen LogP contribution in [0.1, 0.15) is 50.0 Å². The molecule has 16 heavy (non-hydrogen) atoms. The number of hydrogen-bond donors (Lipinski definition) is 1. The standard InChI is InChI=1S/C14H19NO/c1-13(2)9-14(3,4)15-12-7-10(8-16)5-6-11(12)13/h5-8,15H,9H2,1-4H3. The second-order valence-electron chi connectivity index (χ2n) is 5.99. The van der Waals surface area contributed by atoms with E-state index in [9.17, 15) is 4.79 Å². The van der Waals surface area contributed by atoms with Gasteiger partial charge in [-0.25, -0.2) is 0 Å². The number of benzene rings is 1. The number of nitrogens with one attached hydrogen (secondary N) is 1. The minimum Gasteiger partial charge on any atom is -0.380 e. The lowest BCUT2D eigenvalue weighted by atomic mass is 9.71. The minimum atomic E-state index is 0.0814. The van der Waals surface area contributed by atoms with E-state index in [1.54, 1.807) is 0 Å². The predicted molar refractivity (Wildman–Crippen MR) is 67.2 cm³/mol. The number of anilines is 1. The first-order valence-electron chi connectivity index (χ1n) is 5.72. The van der Waals surface area contributed by atoms with Crippen molar-refractivity contribution in [1.29, 1.82) is 0 Å². The van der Waals surface area contributed by atoms with Crippen LogP contribution in [0, 0.1) is 0 Å². The summed E-state index contributed by atoms with van der Waals surface area (Å²) in [5, 5.41) is 3.51. The molecule has 0 amide bonds. The van der Waals surface area contributed by atoms with Crippen molar-refractivity contribution in [3.8, 4) is 0 Å². The molecular formula is C14H19NO. The second kappa shape index (κ2) is 3.34. The summed E-state index contributed by atoms with van der Waals surface area (Å²) in [4.78, 5) is 10.8. The molecule has 86 valence electrons. The fraction of sp³-hybridized carbons (Fsp3) is 0.500. The van der Waals surface area contributed by atoms with Crippen LogP contribution in [-0.2, 0) is 5.41 Å². The van der Waals surface area contributed by atoms with E-state index in [2.05, 4.69) is 39.1 Å². The predicted octanol–water partition coefficient (Wildman–Crippen LogP) is 3.37. The number of hydrogen-bond acceptors (Lipinski definition) is 2. The topological polar surface area (TPSA) is 29.1 Å². The van der Waals surface area contributed by atoms with Crippen LogP contribution in [0.2, 0.25) is 0 Å². The van der Waals surface area contributed by atoms with Crippen molar-refractivity contribution in [2.24, 2.45) is 0 Å². The van der Waals surface area contributed by atoms with E-state index < -0.39 is 0 Å². The van der Waals surface area contributed by atoms with Gasteiger partial charge in [-0.3, -0.25) is 4.79 Å². The molecular weight excluding hydrogens is 198 g/mol. The van der Waals surface area contributed by atoms with Crippen LogP contribution in [0.5, 0.6) is 0 Å². The van der Waals surface area contributed by atoms with Gasteiger partial charge in [-0.15, -0.1) is 0 Å². The van der Waals surface area contributed by atoms with Gasteiger partial charge in [0, 0.05) is 16.8 Å². The van der Waals surface area contributed by atoms with Gasteiger partial charge in [-0.1, -0.05) is 26.0 Å². The molecule has 1 heterocycles. The Morgan fingerprint density at radius 1 is 1.25 bits per heavy atom. The van der Waals surface area contributed by atoms with Crippen LogP contribution in [0.4, 0.5) is 5.69 Å². The van der Waals surface area contributed by atoms with Gasteiger partial charge in [0.05, 0.1) is 0 Å². The molecule has 0 saturated carbocycles. The fourth-order valence-electron chi connectivity index (χ4n) is 2.94. The summed E-state index contributed by atoms with van der Waals surface area (Å²) < 4.78 is 0. The molecule has 0 atom stereocenters. The van der Waals surface area contributed by atoms with E-state index in [4.69, 9.17) is 0 Å². The lowest BCUT2D eigenvalue weighted by molar-refractivity contribution is 0.112. The molecule has 0 spiro atoms. The summed E-state index contributed by atoms with van der Waals surface area (Å²) in [5.74, 6) is 0. The molecule has 1 N–H and O–H groups in total. The molecule has 1 aromatic carbocycles. The lowest BCUT2D eigenvalue weighted by Crippen LogP contribution is -2.43. The number of carbonyl (C=O) groups excluding carboxylic acids is 1. The normalized spacial score (nSPS) is 20.8. The third-order valence-corrected chi connectivity index (χ3v) is 3.27. The molecule has 1 aromatic rings. The summed E-state index contributed by atoms with van der Waals surface area (Å²) in [6, 6.07) is 5.92. The zero-order valence-corrected chi connectivity index (χ0v) is 10.4. The Kier molecular flexibility index (Phi) is 2.33. The van der Waals surface area contributed by atoms with E-state index in [0.717, 1.165) is 24.0 Å². The quantitative estimate of drug-likeness (QED) is 0.731. The molecule has 1 aliphatic rings. The molecule has 0 unspecified atom stereocenters. The monoisotopic (exact) mass is 217 g/mol. The third kappa shape index (κ3) is 1.84. The highest BCUT2D eigenvalue weighted by Gasteiger charge is 2.36. The Morgan fingerprint density at radius 3 is 2.56 bits per heavy atom. The molecule has 0 saturated heterocycles. The Bertz CT molecular complexity index is 432. The number of aldehydes is 1. The van der Waals surface area contributed by atoms with Gasteiger partial charge in [-0.2, -0.15) is 0 Å². The minimum absolute atomic E-state index is 0.0814. The largest absolute Gasteiger partial charge is 0.380 e. The van der Waals surface area contributed by atoms with E-state index in [-0.39, 0.29) is 11.0 Å². The Balaban J connectivity index is 2.55. The summed E-state index contributed by atoms with van der Waals surface area (Å²) in [6.45, 7) is 8.92. The van der Waals surface area contributed by atoms with E-state index in [1.807, 2.05) is 12.1 Å². The van der Waals surface area contributed by atoms with Crippen molar-refractivity contribution in [2.45, 2.75) is 45.1 Å². The maximum atomic E-state index is 10.8. The van der Waals surface area contributed by atoms with Gasteiger partial charge >= 0.3 is 0 Å². The highest BCUT2D eigenvalue weighted by atomic mass is 16.1. The van der Waals surface area contributed by atoms with Crippen molar-refractivity contribution < 1.29 is 4.79 Å². The number of fused-ring (bicyclic) bond motifs is 1. The smallest absolute Gasteiger partial charge is 0.150 e. The first-order valence-corrected chi connectivity index (χ1v) is 5.72. The van der Waals surface area contributed by atoms with Crippen LogP contribution in [0.25, 0.3) is 0 Å². The van der Waals surface area contributed by atoms with E-state index >= 15 is 0 Å². The fourth-order valence-corrected chi connectivity index (χ4v) is 2.94. The van der Waals surface area contributed by atoms with Crippen molar-refractivity contribution in [1.82, 2.24) is 0 Å². The Hall–Kier alpha value is -1.31. The molecule has 0 bridgehead atoms. The van der Waals surface area contributed by atoms with Crippen LogP contribution < -0.4 is 5.32 Å². The number of rotatable bonds is 1. The van der Waals surface area contributed by atoms with E-state index in [1.165, 1.54) is 5.56 Å². The number of carbonyl (C=O) groups is 1. The first kappa shape index (κ1) is 11.2. The van der Waals surface area contributed by atoms with Gasteiger partial charge in [0.1, 0.15) is 6.29 Å². The molecule has 0 fully saturated rings. The Morgan fingerprint density at radius 2 is 1.94 bits per heavy atom. The second-order valence-corrected chi connectivity index (χ2v) is 5.99. The molecule has 2 rings (SSSR count). The van der Waals surface area contributed by atoms with Crippen molar-refractivity contribution in [2.75, 3.05) is 5.32 Å². The van der Waals surface area contributed by atoms with Crippen molar-refractivity contribution >= 4 is 12.0 Å². The van der Waals surface area contributed by atoms with E-state index in [0.29, 0.717) is 0 Å². The van der Waals surface area contributed by atoms with Crippen LogP contribution in [-0.4, -0.2) is 11.8 Å². The third-order valence-electron chi connectivity index (χ3n) is 3.27. The lowest BCUT2D eigenvalue weighted by Gasteiger charge is -2.43. The zero-order chi connectivity index (χ0) is 12.0. The summed E-state index contributed by atoms with van der Waals surface area (Å²) >= 11 is 0. The molecule has 2 heteroatoms. The molecule has 1 aliphatic heterocycles. The average Bonchev–Trinajstić information content (AvgIpc) is 2.13. The van der Waals surface area contributed by atoms with Crippen LogP contribution in [0.3, 0.4) is 0 Å². The highest BCUT2D eigenvalue weighted by Crippen LogP contribution is 2.42. The summed E-state index contributed by atoms with van der Waals surface area (Å²) in [7, 11) is 0. The summed E-state index contributed by atoms with van der Waals surface area (Å²) in [5.41, 5.74) is 3.38. The zero-order valence-electron chi connectivity index (χ0n) is 10.4. The van der Waals surface area contributed by atoms with Crippen LogP contribution >= 0.6 is 0 Å². The van der Waals surface area contributed by atoms with Gasteiger partial charge in [0.15, 0.2) is 0 Å². The van der Waals surface area contributed by atoms with Crippen molar-refractivity contribution in [3.05, 3.63) is 29.3 Å². The SMILES string of the molecule is CC1(C)CC(C)(C)c2ccc(C=O)cc2N1. The van der Waals surface area contributed by atoms with Crippen molar-refractivity contribution in [3.63, 3.8) is 0 Å². The van der Waals surface area contributed by atoms with Gasteiger partial charge < -0.3 is 5.32 Å². The van der Waals surface area contributed by atoms with Gasteiger partial charge in [0.2, 0.25) is 0 Å². The molecule has 0 aromatic heterocycles. The summed E-state index contributed by atoms with van der Waals surface area (Å²) in [6.07, 6.45) is 1.99.